The number of carbonyl (C=O) groups is 1. The van der Waals surface area contributed by atoms with Crippen LogP contribution in [-0.4, -0.2) is 47.4 Å². The number of rotatable bonds is 3. The molecule has 1 heterocycles. The number of amides is 1. The van der Waals surface area contributed by atoms with E-state index in [1.165, 1.54) is 0 Å². The van der Waals surface area contributed by atoms with E-state index in [9.17, 15) is 4.79 Å². The van der Waals surface area contributed by atoms with Gasteiger partial charge < -0.3 is 10.2 Å². The topological polar surface area (TPSA) is 44.7 Å². The molecule has 0 aromatic rings. The van der Waals surface area contributed by atoms with Gasteiger partial charge in [-0.2, -0.15) is 0 Å². The van der Waals surface area contributed by atoms with Gasteiger partial charge in [0.15, 0.2) is 5.17 Å². The Bertz CT molecular complexity index is 349. The molecule has 1 N–H and O–H groups in total. The van der Waals surface area contributed by atoms with Crippen LogP contribution in [0.15, 0.2) is 4.99 Å². The van der Waals surface area contributed by atoms with Crippen LogP contribution in [0.2, 0.25) is 0 Å². The van der Waals surface area contributed by atoms with Crippen LogP contribution < -0.4 is 5.32 Å². The van der Waals surface area contributed by atoms with Gasteiger partial charge in [-0.1, -0.05) is 32.5 Å². The first kappa shape index (κ1) is 16.3. The van der Waals surface area contributed by atoms with E-state index in [1.54, 1.807) is 16.7 Å². The van der Waals surface area contributed by atoms with Crippen molar-refractivity contribution in [1.29, 1.82) is 0 Å². The molecular formula is C14H27N3OS. The third-order valence-corrected chi connectivity index (χ3v) is 4.40. The Kier molecular flexibility index (Phi) is 5.71. The first-order chi connectivity index (χ1) is 8.75. The highest BCUT2D eigenvalue weighted by atomic mass is 32.2. The Labute approximate surface area is 121 Å². The number of carbonyl (C=O) groups excluding carboxylic acids is 1. The summed E-state index contributed by atoms with van der Waals surface area (Å²) in [5.41, 5.74) is 0.182. The number of thioether (sulfide) groups is 1. The van der Waals surface area contributed by atoms with Crippen LogP contribution in [0.25, 0.3) is 0 Å². The van der Waals surface area contributed by atoms with Gasteiger partial charge in [0.1, 0.15) is 6.04 Å². The summed E-state index contributed by atoms with van der Waals surface area (Å²) in [7, 11) is 1.83. The van der Waals surface area contributed by atoms with Gasteiger partial charge in [0.05, 0.1) is 6.04 Å². The summed E-state index contributed by atoms with van der Waals surface area (Å²) in [6.07, 6.45) is 1.11. The maximum absolute atomic E-state index is 12.0. The van der Waals surface area contributed by atoms with Gasteiger partial charge in [-0.3, -0.25) is 9.79 Å². The minimum Gasteiger partial charge on any atom is -0.353 e. The summed E-state index contributed by atoms with van der Waals surface area (Å²) in [5, 5.41) is 4.17. The van der Waals surface area contributed by atoms with E-state index in [2.05, 4.69) is 26.1 Å². The van der Waals surface area contributed by atoms with Crippen LogP contribution in [0, 0.1) is 5.41 Å². The van der Waals surface area contributed by atoms with Gasteiger partial charge >= 0.3 is 0 Å². The standard InChI is InChI=1S/C14H27N3OS/c1-7-17(6)12(18)10(2)15-13-16-11(8-9-19-13)14(3,4)5/h10-11H,7-9H2,1-6H3,(H,15,16). The van der Waals surface area contributed by atoms with E-state index in [0.29, 0.717) is 6.04 Å². The van der Waals surface area contributed by atoms with Gasteiger partial charge in [-0.05, 0) is 25.7 Å². The summed E-state index contributed by atoms with van der Waals surface area (Å²) in [5.74, 6) is 1.18. The molecule has 1 amide bonds. The maximum Gasteiger partial charge on any atom is 0.244 e. The zero-order chi connectivity index (χ0) is 14.6. The molecule has 19 heavy (non-hydrogen) atoms. The second kappa shape index (κ2) is 6.64. The number of nitrogens with one attached hydrogen (secondary N) is 1. The Morgan fingerprint density at radius 3 is 2.74 bits per heavy atom. The molecule has 2 atom stereocenters. The largest absolute Gasteiger partial charge is 0.353 e. The monoisotopic (exact) mass is 285 g/mol. The molecule has 0 radical (unpaired) electrons. The highest BCUT2D eigenvalue weighted by Crippen LogP contribution is 2.30. The van der Waals surface area contributed by atoms with Crippen molar-refractivity contribution in [2.24, 2.45) is 10.4 Å². The normalized spacial score (nSPS) is 21.6. The number of aliphatic imine (C=N–C) groups is 1. The highest BCUT2D eigenvalue weighted by molar-refractivity contribution is 8.13. The third-order valence-electron chi connectivity index (χ3n) is 3.46. The molecule has 0 spiro atoms. The molecule has 1 aliphatic rings. The average molecular weight is 285 g/mol. The predicted molar refractivity (Wildman–Crippen MR) is 83.7 cm³/mol. The fraction of sp³-hybridized carbons (Fsp3) is 0.857. The van der Waals surface area contributed by atoms with Crippen molar-refractivity contribution >= 4 is 22.8 Å². The average Bonchev–Trinajstić information content (AvgIpc) is 2.36. The van der Waals surface area contributed by atoms with E-state index in [-0.39, 0.29) is 17.4 Å². The van der Waals surface area contributed by atoms with Gasteiger partial charge in [-0.25, -0.2) is 0 Å². The minimum absolute atomic E-state index is 0.115. The van der Waals surface area contributed by atoms with Crippen LogP contribution in [-0.2, 0) is 4.79 Å². The molecular weight excluding hydrogens is 258 g/mol. The van der Waals surface area contributed by atoms with Crippen molar-refractivity contribution in [3.8, 4) is 0 Å². The lowest BCUT2D eigenvalue weighted by molar-refractivity contribution is -0.131. The van der Waals surface area contributed by atoms with Crippen LogP contribution in [0.5, 0.6) is 0 Å². The van der Waals surface area contributed by atoms with E-state index in [4.69, 9.17) is 4.99 Å². The molecule has 0 aromatic carbocycles. The second-order valence-electron chi connectivity index (χ2n) is 6.17. The van der Waals surface area contributed by atoms with Gasteiger partial charge in [0.25, 0.3) is 0 Å². The smallest absolute Gasteiger partial charge is 0.244 e. The van der Waals surface area contributed by atoms with Crippen molar-refractivity contribution in [3.05, 3.63) is 0 Å². The third kappa shape index (κ3) is 4.71. The zero-order valence-electron chi connectivity index (χ0n) is 13.0. The summed E-state index contributed by atoms with van der Waals surface area (Å²) in [4.78, 5) is 18.5. The SMILES string of the molecule is CCN(C)C(=O)C(C)NC1=NC(C(C)(C)C)CCS1. The van der Waals surface area contributed by atoms with Crippen molar-refractivity contribution in [3.63, 3.8) is 0 Å². The van der Waals surface area contributed by atoms with Crippen molar-refractivity contribution in [2.75, 3.05) is 19.3 Å². The van der Waals surface area contributed by atoms with Gasteiger partial charge in [-0.15, -0.1) is 0 Å². The Hall–Kier alpha value is -0.710. The molecule has 1 aliphatic heterocycles. The summed E-state index contributed by atoms with van der Waals surface area (Å²) < 4.78 is 0. The number of amidine groups is 1. The van der Waals surface area contributed by atoms with E-state index < -0.39 is 0 Å². The predicted octanol–water partition coefficient (Wildman–Crippen LogP) is 2.35. The Balaban J connectivity index is 2.66. The van der Waals surface area contributed by atoms with Crippen LogP contribution >= 0.6 is 11.8 Å². The summed E-state index contributed by atoms with van der Waals surface area (Å²) in [6.45, 7) is 11.3. The van der Waals surface area contributed by atoms with Crippen molar-refractivity contribution < 1.29 is 4.79 Å². The molecule has 1 rings (SSSR count). The van der Waals surface area contributed by atoms with E-state index in [0.717, 1.165) is 23.9 Å². The van der Waals surface area contributed by atoms with E-state index in [1.807, 2.05) is 20.9 Å². The Morgan fingerprint density at radius 1 is 1.58 bits per heavy atom. The summed E-state index contributed by atoms with van der Waals surface area (Å²) in [6, 6.07) is 0.123. The molecule has 0 fully saturated rings. The van der Waals surface area contributed by atoms with E-state index >= 15 is 0 Å². The molecule has 4 nitrogen and oxygen atoms in total. The molecule has 2 unspecified atom stereocenters. The van der Waals surface area contributed by atoms with Gasteiger partial charge in [0, 0.05) is 19.3 Å². The fourth-order valence-corrected chi connectivity index (χ4v) is 2.95. The molecule has 110 valence electrons. The fourth-order valence-electron chi connectivity index (χ4n) is 1.95. The molecule has 0 saturated carbocycles. The zero-order valence-corrected chi connectivity index (χ0v) is 13.8. The highest BCUT2D eigenvalue weighted by Gasteiger charge is 2.28. The van der Waals surface area contributed by atoms with Crippen molar-refractivity contribution in [1.82, 2.24) is 10.2 Å². The van der Waals surface area contributed by atoms with Crippen molar-refractivity contribution in [2.45, 2.75) is 53.1 Å². The second-order valence-corrected chi connectivity index (χ2v) is 7.26. The molecule has 5 heteroatoms. The lowest BCUT2D eigenvalue weighted by Gasteiger charge is -2.32. The Morgan fingerprint density at radius 2 is 2.21 bits per heavy atom. The lowest BCUT2D eigenvalue weighted by atomic mass is 9.85. The lowest BCUT2D eigenvalue weighted by Crippen LogP contribution is -2.46. The molecule has 0 saturated heterocycles. The maximum atomic E-state index is 12.0. The molecule has 0 aromatic heterocycles. The van der Waals surface area contributed by atoms with Crippen LogP contribution in [0.1, 0.15) is 41.0 Å². The quantitative estimate of drug-likeness (QED) is 0.866. The molecule has 0 bridgehead atoms. The molecule has 0 aliphatic carbocycles. The number of nitrogens with zero attached hydrogens (tertiary/aromatic N) is 2. The van der Waals surface area contributed by atoms with Crippen LogP contribution in [0.3, 0.4) is 0 Å². The minimum atomic E-state index is -0.213. The number of hydrogen-bond donors (Lipinski definition) is 1. The first-order valence-electron chi connectivity index (χ1n) is 6.97. The number of likely N-dealkylation sites (N-methyl/N-ethyl adjacent to an activating group) is 1. The van der Waals surface area contributed by atoms with Crippen LogP contribution in [0.4, 0.5) is 0 Å². The summed E-state index contributed by atoms with van der Waals surface area (Å²) >= 11 is 1.72. The first-order valence-corrected chi connectivity index (χ1v) is 7.96. The number of hydrogen-bond acceptors (Lipinski definition) is 4. The van der Waals surface area contributed by atoms with Gasteiger partial charge in [0.2, 0.25) is 5.91 Å².